The minimum Gasteiger partial charge on any atom is -0.377 e. The van der Waals surface area contributed by atoms with Crippen LogP contribution in [0.25, 0.3) is 0 Å². The minimum absolute atomic E-state index is 0.532. The van der Waals surface area contributed by atoms with Crippen LogP contribution in [0, 0.1) is 23.2 Å². The van der Waals surface area contributed by atoms with Crippen molar-refractivity contribution in [3.8, 4) is 0 Å². The van der Waals surface area contributed by atoms with Gasteiger partial charge >= 0.3 is 0 Å². The summed E-state index contributed by atoms with van der Waals surface area (Å²) in [6, 6.07) is 0. The molecule has 1 heterocycles. The van der Waals surface area contributed by atoms with Gasteiger partial charge in [0, 0.05) is 12.5 Å². The van der Waals surface area contributed by atoms with Crippen LogP contribution >= 0.6 is 0 Å². The zero-order valence-corrected chi connectivity index (χ0v) is 10.8. The summed E-state index contributed by atoms with van der Waals surface area (Å²) in [7, 11) is 0. The van der Waals surface area contributed by atoms with E-state index in [0.29, 0.717) is 17.4 Å². The van der Waals surface area contributed by atoms with Crippen LogP contribution in [-0.2, 0) is 4.74 Å². The fraction of sp³-hybridized carbons (Fsp3) is 0.867. The molecule has 0 N–H and O–H groups in total. The van der Waals surface area contributed by atoms with Gasteiger partial charge < -0.3 is 4.74 Å². The first kappa shape index (κ1) is 10.8. The summed E-state index contributed by atoms with van der Waals surface area (Å²) in [4.78, 5) is 0. The van der Waals surface area contributed by atoms with Crippen LogP contribution in [0.15, 0.2) is 11.6 Å². The van der Waals surface area contributed by atoms with Gasteiger partial charge in [0.05, 0.1) is 6.10 Å². The molecular formula is C15H24O. The molecule has 3 aliphatic rings. The fourth-order valence-electron chi connectivity index (χ4n) is 4.52. The average Bonchev–Trinajstić information content (AvgIpc) is 2.59. The Kier molecular flexibility index (Phi) is 2.43. The summed E-state index contributed by atoms with van der Waals surface area (Å²) in [5.74, 6) is 2.33. The fourth-order valence-corrected chi connectivity index (χ4v) is 4.52. The van der Waals surface area contributed by atoms with Gasteiger partial charge in [0.1, 0.15) is 0 Å². The van der Waals surface area contributed by atoms with Crippen molar-refractivity contribution in [2.24, 2.45) is 23.2 Å². The number of hydrogen-bond acceptors (Lipinski definition) is 1. The average molecular weight is 220 g/mol. The van der Waals surface area contributed by atoms with Gasteiger partial charge in [-0.05, 0) is 49.9 Å². The molecular weight excluding hydrogens is 196 g/mol. The van der Waals surface area contributed by atoms with Crippen molar-refractivity contribution in [2.75, 3.05) is 6.61 Å². The zero-order chi connectivity index (χ0) is 11.3. The lowest BCUT2D eigenvalue weighted by atomic mass is 9.56. The largest absolute Gasteiger partial charge is 0.377 e. The highest BCUT2D eigenvalue weighted by Gasteiger charge is 2.52. The second-order valence-electron chi connectivity index (χ2n) is 6.60. The molecule has 0 aromatic heterocycles. The lowest BCUT2D eigenvalue weighted by Crippen LogP contribution is -2.46. The van der Waals surface area contributed by atoms with E-state index in [1.54, 1.807) is 5.57 Å². The Hall–Kier alpha value is -0.300. The Bertz CT molecular complexity index is 319. The van der Waals surface area contributed by atoms with E-state index in [1.165, 1.54) is 25.7 Å². The van der Waals surface area contributed by atoms with Crippen molar-refractivity contribution in [1.29, 1.82) is 0 Å². The summed E-state index contributed by atoms with van der Waals surface area (Å²) in [5, 5.41) is 0. The van der Waals surface area contributed by atoms with Gasteiger partial charge in [0.15, 0.2) is 0 Å². The monoisotopic (exact) mass is 220 g/mol. The van der Waals surface area contributed by atoms with Crippen molar-refractivity contribution >= 4 is 0 Å². The van der Waals surface area contributed by atoms with E-state index in [0.717, 1.165) is 18.4 Å². The van der Waals surface area contributed by atoms with E-state index in [2.05, 4.69) is 26.8 Å². The van der Waals surface area contributed by atoms with Gasteiger partial charge in [-0.3, -0.25) is 0 Å². The SMILES string of the molecule is CC1=CCC[C@]2(C)CC[C@@H]3[C@H](OC[C@H]3C)[C@@H]12. The van der Waals surface area contributed by atoms with Crippen LogP contribution in [0.4, 0.5) is 0 Å². The lowest BCUT2D eigenvalue weighted by molar-refractivity contribution is -0.0401. The van der Waals surface area contributed by atoms with E-state index in [4.69, 9.17) is 4.74 Å². The van der Waals surface area contributed by atoms with Crippen molar-refractivity contribution in [3.63, 3.8) is 0 Å². The van der Waals surface area contributed by atoms with E-state index >= 15 is 0 Å². The number of fused-ring (bicyclic) bond motifs is 3. The third-order valence-corrected chi connectivity index (χ3v) is 5.50. The molecule has 2 fully saturated rings. The molecule has 3 rings (SSSR count). The van der Waals surface area contributed by atoms with Crippen LogP contribution in [0.1, 0.15) is 46.5 Å². The smallest absolute Gasteiger partial charge is 0.0677 e. The number of hydrogen-bond donors (Lipinski definition) is 0. The quantitative estimate of drug-likeness (QED) is 0.564. The van der Waals surface area contributed by atoms with Crippen LogP contribution in [-0.4, -0.2) is 12.7 Å². The maximum Gasteiger partial charge on any atom is 0.0677 e. The van der Waals surface area contributed by atoms with E-state index in [1.807, 2.05) is 0 Å². The second-order valence-corrected chi connectivity index (χ2v) is 6.60. The highest BCUT2D eigenvalue weighted by molar-refractivity contribution is 5.18. The molecule has 1 saturated heterocycles. The Morgan fingerprint density at radius 2 is 2.19 bits per heavy atom. The van der Waals surface area contributed by atoms with E-state index in [-0.39, 0.29) is 0 Å². The molecule has 0 spiro atoms. The molecule has 1 saturated carbocycles. The molecule has 1 nitrogen and oxygen atoms in total. The molecule has 2 aliphatic carbocycles. The molecule has 0 radical (unpaired) electrons. The van der Waals surface area contributed by atoms with Crippen LogP contribution < -0.4 is 0 Å². The third kappa shape index (κ3) is 1.40. The molecule has 0 unspecified atom stereocenters. The molecule has 0 aromatic rings. The topological polar surface area (TPSA) is 9.23 Å². The van der Waals surface area contributed by atoms with Gasteiger partial charge in [0.2, 0.25) is 0 Å². The molecule has 16 heavy (non-hydrogen) atoms. The summed E-state index contributed by atoms with van der Waals surface area (Å²) in [6.45, 7) is 8.19. The molecule has 0 amide bonds. The second kappa shape index (κ2) is 3.60. The number of allylic oxidation sites excluding steroid dienone is 1. The van der Waals surface area contributed by atoms with Crippen LogP contribution in [0.5, 0.6) is 0 Å². The van der Waals surface area contributed by atoms with Crippen molar-refractivity contribution < 1.29 is 4.74 Å². The zero-order valence-electron chi connectivity index (χ0n) is 10.8. The van der Waals surface area contributed by atoms with Crippen LogP contribution in [0.2, 0.25) is 0 Å². The van der Waals surface area contributed by atoms with E-state index < -0.39 is 0 Å². The normalized spacial score (nSPS) is 51.8. The predicted molar refractivity (Wildman–Crippen MR) is 66.2 cm³/mol. The van der Waals surface area contributed by atoms with Gasteiger partial charge in [-0.1, -0.05) is 25.5 Å². The first-order chi connectivity index (χ1) is 7.62. The first-order valence-electron chi connectivity index (χ1n) is 6.90. The lowest BCUT2D eigenvalue weighted by Gasteiger charge is -2.50. The molecule has 0 aromatic carbocycles. The van der Waals surface area contributed by atoms with Gasteiger partial charge in [-0.2, -0.15) is 0 Å². The van der Waals surface area contributed by atoms with E-state index in [9.17, 15) is 0 Å². The Balaban J connectivity index is 1.95. The Labute approximate surface area is 99.3 Å². The Morgan fingerprint density at radius 1 is 1.38 bits per heavy atom. The maximum atomic E-state index is 6.13. The standard InChI is InChI=1S/C15H24O/c1-10-5-4-7-15(3)8-6-12-11(2)9-16-14(12)13(10)15/h5,11-14H,4,6-9H2,1-3H3/t11-,12+,13-,14+,15-/m1/s1. The first-order valence-corrected chi connectivity index (χ1v) is 6.90. The van der Waals surface area contributed by atoms with Gasteiger partial charge in [-0.15, -0.1) is 0 Å². The van der Waals surface area contributed by atoms with Crippen molar-refractivity contribution in [3.05, 3.63) is 11.6 Å². The minimum atomic E-state index is 0.532. The highest BCUT2D eigenvalue weighted by atomic mass is 16.5. The van der Waals surface area contributed by atoms with Crippen LogP contribution in [0.3, 0.4) is 0 Å². The van der Waals surface area contributed by atoms with Crippen molar-refractivity contribution in [2.45, 2.75) is 52.6 Å². The number of ether oxygens (including phenoxy) is 1. The molecule has 0 bridgehead atoms. The highest BCUT2D eigenvalue weighted by Crippen LogP contribution is 2.55. The molecule has 1 heteroatoms. The summed E-state index contributed by atoms with van der Waals surface area (Å²) in [5.41, 5.74) is 2.14. The maximum absolute atomic E-state index is 6.13. The number of rotatable bonds is 0. The third-order valence-electron chi connectivity index (χ3n) is 5.50. The summed E-state index contributed by atoms with van der Waals surface area (Å²) in [6.07, 6.45) is 8.46. The Morgan fingerprint density at radius 3 is 3.00 bits per heavy atom. The van der Waals surface area contributed by atoms with Gasteiger partial charge in [0.25, 0.3) is 0 Å². The van der Waals surface area contributed by atoms with Gasteiger partial charge in [-0.25, -0.2) is 0 Å². The predicted octanol–water partition coefficient (Wildman–Crippen LogP) is 3.79. The summed E-state index contributed by atoms with van der Waals surface area (Å²) >= 11 is 0. The van der Waals surface area contributed by atoms with Crippen molar-refractivity contribution in [1.82, 2.24) is 0 Å². The molecule has 1 aliphatic heterocycles. The summed E-state index contributed by atoms with van der Waals surface area (Å²) < 4.78 is 6.13. The molecule has 90 valence electrons. The molecule has 5 atom stereocenters.